The molecule has 0 aromatic heterocycles. The van der Waals surface area contributed by atoms with E-state index in [1.54, 1.807) is 24.3 Å². The molecule has 7 nitrogen and oxygen atoms in total. The molecule has 7 heteroatoms. The normalized spacial score (nSPS) is 17.8. The molecule has 0 aliphatic carbocycles. The molecule has 0 bridgehead atoms. The van der Waals surface area contributed by atoms with Gasteiger partial charge in [0.1, 0.15) is 0 Å². The van der Waals surface area contributed by atoms with E-state index in [9.17, 15) is 5.11 Å². The number of carboxylic acid groups (broad SMARTS) is 1. The molecule has 1 aromatic rings. The lowest BCUT2D eigenvalue weighted by Crippen LogP contribution is -2.33. The van der Waals surface area contributed by atoms with E-state index in [0.29, 0.717) is 31.6 Å². The second kappa shape index (κ2) is 7.46. The van der Waals surface area contributed by atoms with Crippen molar-refractivity contribution in [2.75, 3.05) is 13.2 Å². The number of aliphatic hydroxyl groups is 1. The Morgan fingerprint density at radius 3 is 2.25 bits per heavy atom. The van der Waals surface area contributed by atoms with Crippen molar-refractivity contribution in [3.05, 3.63) is 35.4 Å². The Morgan fingerprint density at radius 1 is 1.30 bits per heavy atom. The van der Waals surface area contributed by atoms with Gasteiger partial charge in [0.2, 0.25) is 0 Å². The van der Waals surface area contributed by atoms with Crippen LogP contribution >= 0.6 is 0 Å². The van der Waals surface area contributed by atoms with E-state index in [2.05, 4.69) is 5.16 Å². The minimum atomic E-state index is -0.818. The van der Waals surface area contributed by atoms with Crippen LogP contribution in [0.4, 0.5) is 0 Å². The minimum Gasteiger partial charge on any atom is -0.483 e. The molecule has 0 atom stereocenters. The third kappa shape index (κ3) is 3.94. The van der Waals surface area contributed by atoms with Crippen LogP contribution in [0.25, 0.3) is 0 Å². The van der Waals surface area contributed by atoms with E-state index >= 15 is 0 Å². The fourth-order valence-corrected chi connectivity index (χ4v) is 2.01. The van der Waals surface area contributed by atoms with Crippen molar-refractivity contribution in [2.45, 2.75) is 18.4 Å². The first-order valence-corrected chi connectivity index (χ1v) is 6.04. The number of hydrogen-bond acceptors (Lipinski definition) is 5. The van der Waals surface area contributed by atoms with Gasteiger partial charge in [0, 0.05) is 31.6 Å². The number of rotatable bonds is 2. The van der Waals surface area contributed by atoms with Crippen LogP contribution in [0.2, 0.25) is 0 Å². The number of hydrogen-bond donors (Lipinski definition) is 4. The van der Waals surface area contributed by atoms with Gasteiger partial charge in [0.05, 0.1) is 5.60 Å². The van der Waals surface area contributed by atoms with Crippen molar-refractivity contribution in [3.8, 4) is 0 Å². The summed E-state index contributed by atoms with van der Waals surface area (Å²) in [7, 11) is 0. The summed E-state index contributed by atoms with van der Waals surface area (Å²) in [5.74, 6) is 0.0653. The summed E-state index contributed by atoms with van der Waals surface area (Å²) in [6.07, 6.45) is 1.19. The Morgan fingerprint density at radius 2 is 1.80 bits per heavy atom. The van der Waals surface area contributed by atoms with Crippen LogP contribution in [-0.4, -0.2) is 40.9 Å². The van der Waals surface area contributed by atoms with Crippen LogP contribution in [0.1, 0.15) is 24.0 Å². The van der Waals surface area contributed by atoms with Crippen LogP contribution in [0.15, 0.2) is 29.4 Å². The number of carbonyl (C=O) groups is 1. The molecule has 0 amide bonds. The first kappa shape index (κ1) is 15.9. The molecule has 5 N–H and O–H groups in total. The maximum Gasteiger partial charge on any atom is 0.290 e. The number of nitrogens with zero attached hydrogens (tertiary/aromatic N) is 1. The molecule has 0 spiro atoms. The molecule has 20 heavy (non-hydrogen) atoms. The van der Waals surface area contributed by atoms with Gasteiger partial charge in [-0.05, 0) is 5.56 Å². The quantitative estimate of drug-likeness (QED) is 0.205. The first-order valence-electron chi connectivity index (χ1n) is 6.04. The summed E-state index contributed by atoms with van der Waals surface area (Å²) >= 11 is 0. The van der Waals surface area contributed by atoms with Gasteiger partial charge < -0.3 is 25.9 Å². The molecule has 0 unspecified atom stereocenters. The highest BCUT2D eigenvalue weighted by Crippen LogP contribution is 2.31. The Hall–Kier alpha value is -2.12. The van der Waals surface area contributed by atoms with Crippen molar-refractivity contribution in [1.29, 1.82) is 0 Å². The standard InChI is InChI=1S/C12H16N2O3.CH2O2/c13-11(14-16)9-1-3-10(4-2-9)12(15)5-7-17-8-6-12;2-1-3/h1-4,15-16H,5-8H2,(H2,13,14);1H,(H,2,3). The summed E-state index contributed by atoms with van der Waals surface area (Å²) in [4.78, 5) is 8.36. The number of oxime groups is 1. The fraction of sp³-hybridized carbons (Fsp3) is 0.385. The molecule has 110 valence electrons. The molecule has 1 saturated heterocycles. The Bertz CT molecular complexity index is 452. The number of nitrogens with two attached hydrogens (primary N) is 1. The largest absolute Gasteiger partial charge is 0.483 e. The minimum absolute atomic E-state index is 0.0653. The zero-order chi connectivity index (χ0) is 15.0. The second-order valence-corrected chi connectivity index (χ2v) is 4.31. The molecule has 1 heterocycles. The lowest BCUT2D eigenvalue weighted by atomic mass is 9.86. The first-order chi connectivity index (χ1) is 9.57. The SMILES string of the molecule is N/C(=N\O)c1ccc(C2(O)CCOCC2)cc1.O=CO. The van der Waals surface area contributed by atoms with E-state index in [1.807, 2.05) is 0 Å². The number of amidine groups is 1. The molecule has 2 rings (SSSR count). The fourth-order valence-electron chi connectivity index (χ4n) is 2.01. The molecule has 1 aromatic carbocycles. The van der Waals surface area contributed by atoms with Crippen LogP contribution in [0, 0.1) is 0 Å². The van der Waals surface area contributed by atoms with Crippen LogP contribution < -0.4 is 5.73 Å². The van der Waals surface area contributed by atoms with Crippen LogP contribution in [0.5, 0.6) is 0 Å². The van der Waals surface area contributed by atoms with Crippen molar-refractivity contribution in [2.24, 2.45) is 10.9 Å². The van der Waals surface area contributed by atoms with Gasteiger partial charge in [0.25, 0.3) is 6.47 Å². The van der Waals surface area contributed by atoms with E-state index in [4.69, 9.17) is 25.6 Å². The lowest BCUT2D eigenvalue weighted by molar-refractivity contribution is -0.122. The van der Waals surface area contributed by atoms with E-state index < -0.39 is 5.60 Å². The molecule has 1 aliphatic rings. The second-order valence-electron chi connectivity index (χ2n) is 4.31. The molecule has 0 saturated carbocycles. The van der Waals surface area contributed by atoms with Gasteiger partial charge >= 0.3 is 0 Å². The maximum absolute atomic E-state index is 10.4. The Balaban J connectivity index is 0.000000612. The summed E-state index contributed by atoms with van der Waals surface area (Å²) in [5.41, 5.74) is 6.13. The third-order valence-corrected chi connectivity index (χ3v) is 3.15. The molecule has 0 radical (unpaired) electrons. The van der Waals surface area contributed by atoms with Crippen LogP contribution in [-0.2, 0) is 15.1 Å². The van der Waals surface area contributed by atoms with Gasteiger partial charge in [-0.1, -0.05) is 29.4 Å². The van der Waals surface area contributed by atoms with E-state index in [1.165, 1.54) is 0 Å². The van der Waals surface area contributed by atoms with E-state index in [0.717, 1.165) is 5.56 Å². The van der Waals surface area contributed by atoms with Gasteiger partial charge in [-0.2, -0.15) is 0 Å². The molecular formula is C13H18N2O5. The van der Waals surface area contributed by atoms with Crippen molar-refractivity contribution in [1.82, 2.24) is 0 Å². The van der Waals surface area contributed by atoms with Crippen LogP contribution in [0.3, 0.4) is 0 Å². The zero-order valence-corrected chi connectivity index (χ0v) is 10.9. The average molecular weight is 282 g/mol. The van der Waals surface area contributed by atoms with E-state index in [-0.39, 0.29) is 12.3 Å². The smallest absolute Gasteiger partial charge is 0.290 e. The summed E-state index contributed by atoms with van der Waals surface area (Å²) in [6.45, 7) is 0.886. The van der Waals surface area contributed by atoms with Gasteiger partial charge in [-0.15, -0.1) is 0 Å². The third-order valence-electron chi connectivity index (χ3n) is 3.15. The zero-order valence-electron chi connectivity index (χ0n) is 10.9. The average Bonchev–Trinajstić information content (AvgIpc) is 2.48. The topological polar surface area (TPSA) is 125 Å². The molecule has 1 aliphatic heterocycles. The highest BCUT2D eigenvalue weighted by molar-refractivity contribution is 5.96. The number of ether oxygens (including phenoxy) is 1. The predicted molar refractivity (Wildman–Crippen MR) is 71.6 cm³/mol. The molecular weight excluding hydrogens is 264 g/mol. The van der Waals surface area contributed by atoms with Crippen molar-refractivity contribution >= 4 is 12.3 Å². The Labute approximate surface area is 116 Å². The summed E-state index contributed by atoms with van der Waals surface area (Å²) < 4.78 is 5.23. The van der Waals surface area contributed by atoms with Crippen molar-refractivity contribution in [3.63, 3.8) is 0 Å². The predicted octanol–water partition coefficient (Wildman–Crippen LogP) is 0.480. The van der Waals surface area contributed by atoms with Gasteiger partial charge in [-0.3, -0.25) is 4.79 Å². The highest BCUT2D eigenvalue weighted by Gasteiger charge is 2.31. The highest BCUT2D eigenvalue weighted by atomic mass is 16.5. The summed E-state index contributed by atoms with van der Waals surface area (Å²) in [6, 6.07) is 7.08. The Kier molecular flexibility index (Phi) is 5.95. The van der Waals surface area contributed by atoms with Gasteiger partial charge in [-0.25, -0.2) is 0 Å². The molecule has 1 fully saturated rings. The van der Waals surface area contributed by atoms with Gasteiger partial charge in [0.15, 0.2) is 5.84 Å². The van der Waals surface area contributed by atoms with Crippen molar-refractivity contribution < 1.29 is 25.0 Å². The lowest BCUT2D eigenvalue weighted by Gasteiger charge is -2.32. The monoisotopic (exact) mass is 282 g/mol. The summed E-state index contributed by atoms with van der Waals surface area (Å²) in [5, 5.41) is 28.8. The number of benzene rings is 1. The maximum atomic E-state index is 10.4.